The van der Waals surface area contributed by atoms with Crippen LogP contribution in [0.25, 0.3) is 0 Å². The molecule has 1 aromatic heterocycles. The topological polar surface area (TPSA) is 50.7 Å². The Hall–Kier alpha value is -1.76. The van der Waals surface area contributed by atoms with Gasteiger partial charge >= 0.3 is 0 Å². The van der Waals surface area contributed by atoms with E-state index in [0.717, 1.165) is 50.2 Å². The van der Waals surface area contributed by atoms with Gasteiger partial charge in [-0.05, 0) is 18.2 Å². The first-order valence-corrected chi connectivity index (χ1v) is 8.01. The normalized spacial score (nSPS) is 19.5. The highest BCUT2D eigenvalue weighted by atomic mass is 35.5. The van der Waals surface area contributed by atoms with Crippen LogP contribution in [0.15, 0.2) is 42.7 Å². The monoisotopic (exact) mass is 384 g/mol. The molecule has 0 N–H and O–H groups in total. The van der Waals surface area contributed by atoms with E-state index >= 15 is 0 Å². The number of aromatic nitrogens is 2. The highest BCUT2D eigenvalue weighted by Crippen LogP contribution is 2.31. The van der Waals surface area contributed by atoms with Gasteiger partial charge in [-0.1, -0.05) is 12.1 Å². The van der Waals surface area contributed by atoms with Gasteiger partial charge in [-0.3, -0.25) is 4.90 Å². The van der Waals surface area contributed by atoms with E-state index in [0.29, 0.717) is 6.61 Å². The lowest BCUT2D eigenvalue weighted by Crippen LogP contribution is -2.51. The fourth-order valence-electron chi connectivity index (χ4n) is 3.03. The van der Waals surface area contributed by atoms with E-state index in [9.17, 15) is 0 Å². The standard InChI is InChI=1S/C17H20N4O2.2ClH/c1-2-5-16-15(4-1)22-13-14(23-16)12-20-8-10-21(11-9-20)17-18-6-3-7-19-17;;/h1-7,14H,8-13H2;2*1H. The summed E-state index contributed by atoms with van der Waals surface area (Å²) in [6.45, 7) is 5.35. The van der Waals surface area contributed by atoms with E-state index in [1.54, 1.807) is 12.4 Å². The lowest BCUT2D eigenvalue weighted by Gasteiger charge is -2.37. The van der Waals surface area contributed by atoms with Crippen LogP contribution in [0, 0.1) is 0 Å². The Bertz CT molecular complexity index is 654. The van der Waals surface area contributed by atoms with Crippen molar-refractivity contribution >= 4 is 30.8 Å². The van der Waals surface area contributed by atoms with Gasteiger partial charge in [0.2, 0.25) is 5.95 Å². The third-order valence-electron chi connectivity index (χ3n) is 4.24. The fraction of sp³-hybridized carbons (Fsp3) is 0.412. The van der Waals surface area contributed by atoms with Crippen LogP contribution in [-0.4, -0.2) is 60.3 Å². The second-order valence-electron chi connectivity index (χ2n) is 5.83. The number of hydrogen-bond acceptors (Lipinski definition) is 6. The summed E-state index contributed by atoms with van der Waals surface area (Å²) in [5, 5.41) is 0. The van der Waals surface area contributed by atoms with Gasteiger partial charge in [-0.15, -0.1) is 24.8 Å². The van der Waals surface area contributed by atoms with Crippen molar-refractivity contribution < 1.29 is 9.47 Å². The second kappa shape index (κ2) is 9.08. The molecule has 0 saturated carbocycles. The molecule has 2 aliphatic rings. The van der Waals surface area contributed by atoms with Gasteiger partial charge in [-0.25, -0.2) is 9.97 Å². The second-order valence-corrected chi connectivity index (χ2v) is 5.83. The first-order chi connectivity index (χ1) is 11.4. The Morgan fingerprint density at radius 3 is 2.32 bits per heavy atom. The highest BCUT2D eigenvalue weighted by molar-refractivity contribution is 5.85. The molecule has 2 aliphatic heterocycles. The first kappa shape index (κ1) is 19.6. The summed E-state index contributed by atoms with van der Waals surface area (Å²) < 4.78 is 11.8. The number of halogens is 2. The molecule has 1 saturated heterocycles. The predicted octanol–water partition coefficient (Wildman–Crippen LogP) is 2.28. The van der Waals surface area contributed by atoms with Gasteiger partial charge in [0.25, 0.3) is 0 Å². The van der Waals surface area contributed by atoms with Crippen molar-refractivity contribution in [2.24, 2.45) is 0 Å². The first-order valence-electron chi connectivity index (χ1n) is 8.01. The lowest BCUT2D eigenvalue weighted by atomic mass is 10.2. The quantitative estimate of drug-likeness (QED) is 0.808. The molecule has 1 fully saturated rings. The summed E-state index contributed by atoms with van der Waals surface area (Å²) in [5.41, 5.74) is 0. The van der Waals surface area contributed by atoms with Crippen LogP contribution in [0.5, 0.6) is 11.5 Å². The Morgan fingerprint density at radius 2 is 1.60 bits per heavy atom. The summed E-state index contributed by atoms with van der Waals surface area (Å²) in [4.78, 5) is 13.3. The largest absolute Gasteiger partial charge is 0.486 e. The van der Waals surface area contributed by atoms with Crippen LogP contribution in [0.2, 0.25) is 0 Å². The minimum absolute atomic E-state index is 0. The third-order valence-corrected chi connectivity index (χ3v) is 4.24. The molecule has 8 heteroatoms. The maximum Gasteiger partial charge on any atom is 0.225 e. The van der Waals surface area contributed by atoms with Gasteiger partial charge in [-0.2, -0.15) is 0 Å². The maximum absolute atomic E-state index is 6.04. The zero-order valence-corrected chi connectivity index (χ0v) is 15.4. The zero-order chi connectivity index (χ0) is 15.5. The van der Waals surface area contributed by atoms with Crippen molar-refractivity contribution in [2.75, 3.05) is 44.2 Å². The number of fused-ring (bicyclic) bond motifs is 1. The number of piperazine rings is 1. The van der Waals surface area contributed by atoms with E-state index in [1.807, 2.05) is 30.3 Å². The number of hydrogen-bond donors (Lipinski definition) is 0. The minimum Gasteiger partial charge on any atom is -0.486 e. The Morgan fingerprint density at radius 1 is 0.920 bits per heavy atom. The zero-order valence-electron chi connectivity index (χ0n) is 13.8. The van der Waals surface area contributed by atoms with Crippen LogP contribution in [0.3, 0.4) is 0 Å². The van der Waals surface area contributed by atoms with Crippen molar-refractivity contribution in [3.05, 3.63) is 42.7 Å². The van der Waals surface area contributed by atoms with Crippen molar-refractivity contribution in [3.63, 3.8) is 0 Å². The number of anilines is 1. The molecule has 3 heterocycles. The molecule has 136 valence electrons. The minimum atomic E-state index is 0. The summed E-state index contributed by atoms with van der Waals surface area (Å²) in [6.07, 6.45) is 3.67. The number of benzene rings is 1. The fourth-order valence-corrected chi connectivity index (χ4v) is 3.03. The van der Waals surface area contributed by atoms with Gasteiger partial charge in [0, 0.05) is 45.1 Å². The van der Waals surface area contributed by atoms with Gasteiger partial charge in [0.1, 0.15) is 12.7 Å². The molecule has 1 unspecified atom stereocenters. The van der Waals surface area contributed by atoms with Crippen molar-refractivity contribution in [1.82, 2.24) is 14.9 Å². The average molecular weight is 385 g/mol. The highest BCUT2D eigenvalue weighted by Gasteiger charge is 2.25. The summed E-state index contributed by atoms with van der Waals surface area (Å²) in [6, 6.07) is 9.70. The van der Waals surface area contributed by atoms with Gasteiger partial charge in [0.15, 0.2) is 11.5 Å². The molecule has 0 bridgehead atoms. The molecule has 1 atom stereocenters. The number of ether oxygens (including phenoxy) is 2. The van der Waals surface area contributed by atoms with Gasteiger partial charge < -0.3 is 14.4 Å². The maximum atomic E-state index is 6.04. The van der Waals surface area contributed by atoms with Crippen LogP contribution in [0.1, 0.15) is 0 Å². The predicted molar refractivity (Wildman–Crippen MR) is 102 cm³/mol. The molecule has 6 nitrogen and oxygen atoms in total. The Kier molecular flexibility index (Phi) is 7.11. The van der Waals surface area contributed by atoms with Crippen LogP contribution in [-0.2, 0) is 0 Å². The number of nitrogens with zero attached hydrogens (tertiary/aromatic N) is 4. The third kappa shape index (κ3) is 4.66. The smallest absolute Gasteiger partial charge is 0.225 e. The molecule has 0 spiro atoms. The number of para-hydroxylation sites is 2. The molecular weight excluding hydrogens is 363 g/mol. The van der Waals surface area contributed by atoms with Crippen molar-refractivity contribution in [2.45, 2.75) is 6.10 Å². The summed E-state index contributed by atoms with van der Waals surface area (Å²) >= 11 is 0. The Labute approximate surface area is 160 Å². The molecular formula is C17H22Cl2N4O2. The van der Waals surface area contributed by atoms with E-state index in [2.05, 4.69) is 19.8 Å². The van der Waals surface area contributed by atoms with Crippen molar-refractivity contribution in [1.29, 1.82) is 0 Å². The van der Waals surface area contributed by atoms with Crippen molar-refractivity contribution in [3.8, 4) is 11.5 Å². The van der Waals surface area contributed by atoms with Crippen LogP contribution >= 0.6 is 24.8 Å². The SMILES string of the molecule is Cl.Cl.c1cnc(N2CCN(CC3COc4ccccc4O3)CC2)nc1. The molecule has 0 amide bonds. The number of rotatable bonds is 3. The van der Waals surface area contributed by atoms with Gasteiger partial charge in [0.05, 0.1) is 0 Å². The summed E-state index contributed by atoms with van der Waals surface area (Å²) in [7, 11) is 0. The van der Waals surface area contributed by atoms with E-state index in [1.165, 1.54) is 0 Å². The Balaban J connectivity index is 0.00000113. The molecule has 1 aromatic carbocycles. The van der Waals surface area contributed by atoms with E-state index in [4.69, 9.17) is 9.47 Å². The van der Waals surface area contributed by atoms with Crippen LogP contribution in [0.4, 0.5) is 5.95 Å². The lowest BCUT2D eigenvalue weighted by molar-refractivity contribution is 0.0570. The molecule has 0 aliphatic carbocycles. The molecule has 25 heavy (non-hydrogen) atoms. The van der Waals surface area contributed by atoms with E-state index < -0.39 is 0 Å². The molecule has 0 radical (unpaired) electrons. The molecule has 4 rings (SSSR count). The molecule has 2 aromatic rings. The summed E-state index contributed by atoms with van der Waals surface area (Å²) in [5.74, 6) is 2.51. The van der Waals surface area contributed by atoms with Crippen LogP contribution < -0.4 is 14.4 Å². The average Bonchev–Trinajstić information content (AvgIpc) is 2.63. The van der Waals surface area contributed by atoms with E-state index in [-0.39, 0.29) is 30.9 Å².